The standard InChI is InChI=1S/C12H10N4O3/c17-11(9-3-5-13-6-4-9)14-15-12(18)10-2-1-7-16(19)8-10/h1-8H,(H,14,17)(H,15,18). The maximum atomic E-state index is 11.6. The molecule has 7 heteroatoms. The topological polar surface area (TPSA) is 98.0 Å². The van der Waals surface area contributed by atoms with Gasteiger partial charge in [-0.3, -0.25) is 25.4 Å². The third-order valence-corrected chi connectivity index (χ3v) is 2.27. The van der Waals surface area contributed by atoms with E-state index in [4.69, 9.17) is 0 Å². The predicted octanol–water partition coefficient (Wildman–Crippen LogP) is -0.210. The van der Waals surface area contributed by atoms with Crippen molar-refractivity contribution in [3.63, 3.8) is 0 Å². The molecule has 2 heterocycles. The fraction of sp³-hybridized carbons (Fsp3) is 0. The molecule has 0 radical (unpaired) electrons. The second kappa shape index (κ2) is 5.58. The molecule has 0 atom stereocenters. The van der Waals surface area contributed by atoms with Crippen LogP contribution < -0.4 is 15.6 Å². The summed E-state index contributed by atoms with van der Waals surface area (Å²) < 4.78 is 0.500. The van der Waals surface area contributed by atoms with Crippen molar-refractivity contribution in [1.29, 1.82) is 0 Å². The molecule has 0 unspecified atom stereocenters. The van der Waals surface area contributed by atoms with Crippen LogP contribution >= 0.6 is 0 Å². The Kier molecular flexibility index (Phi) is 3.67. The van der Waals surface area contributed by atoms with Crippen molar-refractivity contribution in [2.75, 3.05) is 0 Å². The van der Waals surface area contributed by atoms with E-state index in [0.29, 0.717) is 10.3 Å². The van der Waals surface area contributed by atoms with E-state index in [0.717, 1.165) is 6.20 Å². The Morgan fingerprint density at radius 3 is 2.32 bits per heavy atom. The molecule has 2 N–H and O–H groups in total. The van der Waals surface area contributed by atoms with Crippen LogP contribution in [0, 0.1) is 5.21 Å². The molecule has 0 fully saturated rings. The zero-order valence-corrected chi connectivity index (χ0v) is 9.74. The molecule has 0 saturated heterocycles. The van der Waals surface area contributed by atoms with Crippen LogP contribution in [0.5, 0.6) is 0 Å². The first-order valence-electron chi connectivity index (χ1n) is 5.36. The lowest BCUT2D eigenvalue weighted by Crippen LogP contribution is -2.42. The molecule has 19 heavy (non-hydrogen) atoms. The van der Waals surface area contributed by atoms with Gasteiger partial charge >= 0.3 is 0 Å². The Hall–Kier alpha value is -2.96. The van der Waals surface area contributed by atoms with Gasteiger partial charge in [0.15, 0.2) is 12.4 Å². The summed E-state index contributed by atoms with van der Waals surface area (Å²) in [6.45, 7) is 0. The van der Waals surface area contributed by atoms with Gasteiger partial charge in [0.05, 0.1) is 0 Å². The lowest BCUT2D eigenvalue weighted by Gasteiger charge is -2.06. The third-order valence-electron chi connectivity index (χ3n) is 2.27. The number of pyridine rings is 2. The second-order valence-corrected chi connectivity index (χ2v) is 3.60. The van der Waals surface area contributed by atoms with E-state index >= 15 is 0 Å². The quantitative estimate of drug-likeness (QED) is 0.442. The van der Waals surface area contributed by atoms with Gasteiger partial charge in [-0.25, -0.2) is 0 Å². The van der Waals surface area contributed by atoms with Crippen molar-refractivity contribution >= 4 is 11.8 Å². The Labute approximate surface area is 108 Å². The molecule has 7 nitrogen and oxygen atoms in total. The molecular formula is C12H10N4O3. The summed E-state index contributed by atoms with van der Waals surface area (Å²) in [5, 5.41) is 11.0. The largest absolute Gasteiger partial charge is 0.619 e. The number of aromatic nitrogens is 2. The number of amides is 2. The minimum atomic E-state index is -0.576. The van der Waals surface area contributed by atoms with Crippen LogP contribution in [0.15, 0.2) is 49.1 Å². The number of rotatable bonds is 2. The predicted molar refractivity (Wildman–Crippen MR) is 64.6 cm³/mol. The van der Waals surface area contributed by atoms with E-state index < -0.39 is 11.8 Å². The van der Waals surface area contributed by atoms with Crippen LogP contribution in [0.4, 0.5) is 0 Å². The Balaban J connectivity index is 1.96. The number of carbonyl (C=O) groups excluding carboxylic acids is 2. The molecule has 0 aliphatic rings. The molecule has 0 saturated carbocycles. The van der Waals surface area contributed by atoms with Crippen molar-refractivity contribution in [1.82, 2.24) is 15.8 Å². The molecular weight excluding hydrogens is 248 g/mol. The molecule has 0 aromatic carbocycles. The molecule has 2 aromatic rings. The maximum Gasteiger partial charge on any atom is 0.275 e. The molecule has 0 bridgehead atoms. The fourth-order valence-corrected chi connectivity index (χ4v) is 1.35. The fourth-order valence-electron chi connectivity index (χ4n) is 1.35. The number of hydrogen-bond donors (Lipinski definition) is 2. The summed E-state index contributed by atoms with van der Waals surface area (Å²) in [5.74, 6) is -1.05. The van der Waals surface area contributed by atoms with Crippen LogP contribution in [0.2, 0.25) is 0 Å². The van der Waals surface area contributed by atoms with Crippen LogP contribution in [0.3, 0.4) is 0 Å². The second-order valence-electron chi connectivity index (χ2n) is 3.60. The first-order chi connectivity index (χ1) is 9.16. The first-order valence-corrected chi connectivity index (χ1v) is 5.36. The summed E-state index contributed by atoms with van der Waals surface area (Å²) in [6.07, 6.45) is 5.29. The van der Waals surface area contributed by atoms with Gasteiger partial charge in [-0.1, -0.05) is 0 Å². The Morgan fingerprint density at radius 1 is 1.05 bits per heavy atom. The van der Waals surface area contributed by atoms with Gasteiger partial charge in [-0.05, 0) is 18.2 Å². The van der Waals surface area contributed by atoms with Gasteiger partial charge < -0.3 is 5.21 Å². The van der Waals surface area contributed by atoms with E-state index in [-0.39, 0.29) is 5.56 Å². The Morgan fingerprint density at radius 2 is 1.68 bits per heavy atom. The number of hydrogen-bond acceptors (Lipinski definition) is 4. The molecule has 2 aromatic heterocycles. The van der Waals surface area contributed by atoms with E-state index in [2.05, 4.69) is 15.8 Å². The average molecular weight is 258 g/mol. The first kappa shape index (κ1) is 12.5. The smallest absolute Gasteiger partial charge is 0.275 e. The van der Waals surface area contributed by atoms with Crippen LogP contribution in [0.1, 0.15) is 20.7 Å². The molecule has 0 aliphatic carbocycles. The highest BCUT2D eigenvalue weighted by Gasteiger charge is 2.10. The number of nitrogens with one attached hydrogen (secondary N) is 2. The van der Waals surface area contributed by atoms with Crippen molar-refractivity contribution < 1.29 is 14.3 Å². The lowest BCUT2D eigenvalue weighted by molar-refractivity contribution is -0.605. The zero-order chi connectivity index (χ0) is 13.7. The number of hydrazine groups is 1. The van der Waals surface area contributed by atoms with Crippen molar-refractivity contribution in [3.8, 4) is 0 Å². The van der Waals surface area contributed by atoms with Crippen molar-refractivity contribution in [3.05, 3.63) is 65.4 Å². The normalized spacial score (nSPS) is 9.68. The minimum Gasteiger partial charge on any atom is -0.619 e. The van der Waals surface area contributed by atoms with Crippen molar-refractivity contribution in [2.24, 2.45) is 0 Å². The zero-order valence-electron chi connectivity index (χ0n) is 9.74. The van der Waals surface area contributed by atoms with Gasteiger partial charge in [-0.2, -0.15) is 4.73 Å². The van der Waals surface area contributed by atoms with Gasteiger partial charge in [-0.15, -0.1) is 0 Å². The summed E-state index contributed by atoms with van der Waals surface area (Å²) in [5.41, 5.74) is 4.96. The highest BCUT2D eigenvalue weighted by atomic mass is 16.5. The Bertz CT molecular complexity index is 601. The minimum absolute atomic E-state index is 0.146. The monoisotopic (exact) mass is 258 g/mol. The summed E-state index contributed by atoms with van der Waals surface area (Å²) in [7, 11) is 0. The highest BCUT2D eigenvalue weighted by Crippen LogP contribution is 1.96. The van der Waals surface area contributed by atoms with E-state index in [1.54, 1.807) is 0 Å². The lowest BCUT2D eigenvalue weighted by atomic mass is 10.2. The highest BCUT2D eigenvalue weighted by molar-refractivity contribution is 5.98. The van der Waals surface area contributed by atoms with Crippen LogP contribution in [-0.4, -0.2) is 16.8 Å². The molecule has 96 valence electrons. The van der Waals surface area contributed by atoms with Crippen LogP contribution in [0.25, 0.3) is 0 Å². The van der Waals surface area contributed by atoms with Crippen molar-refractivity contribution in [2.45, 2.75) is 0 Å². The maximum absolute atomic E-state index is 11.6. The SMILES string of the molecule is O=C(NNC(=O)c1ccc[n+]([O-])c1)c1ccncc1. The summed E-state index contributed by atoms with van der Waals surface area (Å²) >= 11 is 0. The van der Waals surface area contributed by atoms with Gasteiger partial charge in [0, 0.05) is 24.0 Å². The van der Waals surface area contributed by atoms with Gasteiger partial charge in [0.2, 0.25) is 0 Å². The third kappa shape index (κ3) is 3.25. The van der Waals surface area contributed by atoms with Gasteiger partial charge in [0.1, 0.15) is 5.56 Å². The summed E-state index contributed by atoms with van der Waals surface area (Å²) in [6, 6.07) is 5.92. The van der Waals surface area contributed by atoms with Crippen LogP contribution in [-0.2, 0) is 0 Å². The van der Waals surface area contributed by atoms with E-state index in [9.17, 15) is 14.8 Å². The summed E-state index contributed by atoms with van der Waals surface area (Å²) in [4.78, 5) is 27.0. The number of nitrogens with zero attached hydrogens (tertiary/aromatic N) is 2. The van der Waals surface area contributed by atoms with Gasteiger partial charge in [0.25, 0.3) is 11.8 Å². The average Bonchev–Trinajstić information content (AvgIpc) is 2.45. The number of carbonyl (C=O) groups is 2. The molecule has 0 spiro atoms. The van der Waals surface area contributed by atoms with E-state index in [1.165, 1.54) is 42.9 Å². The molecule has 2 rings (SSSR count). The molecule has 2 amide bonds. The molecule has 0 aliphatic heterocycles. The van der Waals surface area contributed by atoms with E-state index in [1.807, 2.05) is 0 Å².